The Labute approximate surface area is 95.0 Å². The molecule has 0 bridgehead atoms. The van der Waals surface area contributed by atoms with E-state index in [2.05, 4.69) is 23.4 Å². The van der Waals surface area contributed by atoms with Gasteiger partial charge in [0.05, 0.1) is 18.5 Å². The molecule has 0 amide bonds. The monoisotopic (exact) mass is 219 g/mol. The first-order chi connectivity index (χ1) is 7.63. The number of rotatable bonds is 3. The molecule has 0 atom stereocenters. The summed E-state index contributed by atoms with van der Waals surface area (Å²) in [5, 5.41) is 0. The number of benzene rings is 1. The maximum Gasteiger partial charge on any atom is 0.149 e. The molecule has 0 unspecified atom stereocenters. The van der Waals surface area contributed by atoms with Gasteiger partial charge in [-0.15, -0.1) is 0 Å². The Balaban J connectivity index is 2.65. The average Bonchev–Trinajstić information content (AvgIpc) is 2.61. The number of imidazole rings is 1. The minimum absolute atomic E-state index is 0.362. The van der Waals surface area contributed by atoms with Crippen LogP contribution in [0.1, 0.15) is 26.8 Å². The lowest BCUT2D eigenvalue weighted by molar-refractivity contribution is 0.344. The first kappa shape index (κ1) is 10.8. The standard InChI is InChI=1S/C12H17N3O/c1-4-16-11-6-9(13)5-10-12(11)14-7-15(10)8(2)3/h5-8H,4,13H2,1-3H3. The largest absolute Gasteiger partial charge is 0.491 e. The summed E-state index contributed by atoms with van der Waals surface area (Å²) in [5.41, 5.74) is 8.47. The second-order valence-corrected chi connectivity index (χ2v) is 4.07. The smallest absolute Gasteiger partial charge is 0.149 e. The SMILES string of the molecule is CCOc1cc(N)cc2c1ncn2C(C)C. The predicted molar refractivity (Wildman–Crippen MR) is 65.7 cm³/mol. The van der Waals surface area contributed by atoms with Crippen LogP contribution in [0.4, 0.5) is 5.69 Å². The summed E-state index contributed by atoms with van der Waals surface area (Å²) in [5.74, 6) is 0.761. The highest BCUT2D eigenvalue weighted by Gasteiger charge is 2.11. The molecule has 86 valence electrons. The second kappa shape index (κ2) is 4.04. The van der Waals surface area contributed by atoms with E-state index in [1.54, 1.807) is 0 Å². The molecule has 2 rings (SSSR count). The van der Waals surface area contributed by atoms with E-state index in [1.165, 1.54) is 0 Å². The first-order valence-corrected chi connectivity index (χ1v) is 5.52. The molecule has 1 aromatic carbocycles. The van der Waals surface area contributed by atoms with Crippen molar-refractivity contribution in [3.63, 3.8) is 0 Å². The Kier molecular flexibility index (Phi) is 2.73. The Morgan fingerprint density at radius 1 is 1.44 bits per heavy atom. The Morgan fingerprint density at radius 3 is 2.81 bits per heavy atom. The Morgan fingerprint density at radius 2 is 2.19 bits per heavy atom. The summed E-state index contributed by atoms with van der Waals surface area (Å²) in [6.07, 6.45) is 1.83. The number of aromatic nitrogens is 2. The van der Waals surface area contributed by atoms with Crippen LogP contribution < -0.4 is 10.5 Å². The van der Waals surface area contributed by atoms with E-state index in [1.807, 2.05) is 25.4 Å². The highest BCUT2D eigenvalue weighted by atomic mass is 16.5. The topological polar surface area (TPSA) is 53.1 Å². The minimum atomic E-state index is 0.362. The van der Waals surface area contributed by atoms with E-state index in [9.17, 15) is 0 Å². The lowest BCUT2D eigenvalue weighted by Gasteiger charge is -2.10. The third kappa shape index (κ3) is 1.71. The Bertz CT molecular complexity index is 502. The van der Waals surface area contributed by atoms with Crippen molar-refractivity contribution in [1.29, 1.82) is 0 Å². The van der Waals surface area contributed by atoms with Gasteiger partial charge in [-0.3, -0.25) is 0 Å². The van der Waals surface area contributed by atoms with Gasteiger partial charge in [-0.25, -0.2) is 4.98 Å². The molecule has 0 aliphatic heterocycles. The lowest BCUT2D eigenvalue weighted by Crippen LogP contribution is -1.99. The molecule has 0 radical (unpaired) electrons. The van der Waals surface area contributed by atoms with Gasteiger partial charge in [0.1, 0.15) is 11.3 Å². The van der Waals surface area contributed by atoms with Gasteiger partial charge >= 0.3 is 0 Å². The summed E-state index contributed by atoms with van der Waals surface area (Å²) >= 11 is 0. The summed E-state index contributed by atoms with van der Waals surface area (Å²) in [6, 6.07) is 4.12. The number of nitrogen functional groups attached to an aromatic ring is 1. The van der Waals surface area contributed by atoms with E-state index < -0.39 is 0 Å². The van der Waals surface area contributed by atoms with E-state index in [0.29, 0.717) is 18.3 Å². The molecule has 0 spiro atoms. The molecule has 2 N–H and O–H groups in total. The summed E-state index contributed by atoms with van der Waals surface area (Å²) in [4.78, 5) is 4.38. The highest BCUT2D eigenvalue weighted by molar-refractivity contribution is 5.85. The zero-order valence-corrected chi connectivity index (χ0v) is 9.90. The van der Waals surface area contributed by atoms with Gasteiger partial charge < -0.3 is 15.0 Å². The number of anilines is 1. The summed E-state index contributed by atoms with van der Waals surface area (Å²) in [7, 11) is 0. The van der Waals surface area contributed by atoms with Crippen LogP contribution in [0.3, 0.4) is 0 Å². The fourth-order valence-electron chi connectivity index (χ4n) is 1.80. The number of nitrogens with zero attached hydrogens (tertiary/aromatic N) is 2. The predicted octanol–water partition coefficient (Wildman–Crippen LogP) is 2.60. The molecule has 0 saturated heterocycles. The number of hydrogen-bond acceptors (Lipinski definition) is 3. The normalized spacial score (nSPS) is 11.2. The third-order valence-electron chi connectivity index (χ3n) is 2.52. The molecule has 4 nitrogen and oxygen atoms in total. The zero-order chi connectivity index (χ0) is 11.7. The van der Waals surface area contributed by atoms with Gasteiger partial charge in [-0.1, -0.05) is 0 Å². The van der Waals surface area contributed by atoms with Gasteiger partial charge in [0.15, 0.2) is 0 Å². The maximum atomic E-state index is 5.86. The van der Waals surface area contributed by atoms with Crippen LogP contribution in [0.25, 0.3) is 11.0 Å². The quantitative estimate of drug-likeness (QED) is 0.807. The van der Waals surface area contributed by atoms with E-state index in [4.69, 9.17) is 10.5 Å². The van der Waals surface area contributed by atoms with E-state index >= 15 is 0 Å². The van der Waals surface area contributed by atoms with Crippen molar-refractivity contribution in [2.75, 3.05) is 12.3 Å². The van der Waals surface area contributed by atoms with Crippen molar-refractivity contribution >= 4 is 16.7 Å². The molecule has 0 aliphatic rings. The van der Waals surface area contributed by atoms with Crippen LogP contribution >= 0.6 is 0 Å². The van der Waals surface area contributed by atoms with Crippen molar-refractivity contribution < 1.29 is 4.74 Å². The van der Waals surface area contributed by atoms with Crippen molar-refractivity contribution in [3.05, 3.63) is 18.5 Å². The van der Waals surface area contributed by atoms with Crippen molar-refractivity contribution in [3.8, 4) is 5.75 Å². The minimum Gasteiger partial charge on any atom is -0.491 e. The van der Waals surface area contributed by atoms with E-state index in [-0.39, 0.29) is 0 Å². The molecule has 2 aromatic rings. The fourth-order valence-corrected chi connectivity index (χ4v) is 1.80. The molecule has 1 aromatic heterocycles. The number of hydrogen-bond donors (Lipinski definition) is 1. The van der Waals surface area contributed by atoms with Gasteiger partial charge in [0.2, 0.25) is 0 Å². The summed E-state index contributed by atoms with van der Waals surface area (Å²) < 4.78 is 7.63. The number of ether oxygens (including phenoxy) is 1. The van der Waals surface area contributed by atoms with Gasteiger partial charge in [-0.05, 0) is 26.8 Å². The van der Waals surface area contributed by atoms with Gasteiger partial charge in [-0.2, -0.15) is 0 Å². The van der Waals surface area contributed by atoms with Crippen LogP contribution in [0.15, 0.2) is 18.5 Å². The van der Waals surface area contributed by atoms with Crippen LogP contribution in [-0.4, -0.2) is 16.2 Å². The van der Waals surface area contributed by atoms with Crippen LogP contribution in [0.5, 0.6) is 5.75 Å². The number of fused-ring (bicyclic) bond motifs is 1. The lowest BCUT2D eigenvalue weighted by atomic mass is 10.2. The van der Waals surface area contributed by atoms with Crippen LogP contribution in [0, 0.1) is 0 Å². The van der Waals surface area contributed by atoms with Crippen molar-refractivity contribution in [2.45, 2.75) is 26.8 Å². The van der Waals surface area contributed by atoms with E-state index in [0.717, 1.165) is 16.8 Å². The molecule has 4 heteroatoms. The fraction of sp³-hybridized carbons (Fsp3) is 0.417. The average molecular weight is 219 g/mol. The molecule has 0 aliphatic carbocycles. The highest BCUT2D eigenvalue weighted by Crippen LogP contribution is 2.29. The van der Waals surface area contributed by atoms with Gasteiger partial charge in [0, 0.05) is 17.8 Å². The second-order valence-electron chi connectivity index (χ2n) is 4.07. The third-order valence-corrected chi connectivity index (χ3v) is 2.52. The molecule has 0 saturated carbocycles. The van der Waals surface area contributed by atoms with Crippen molar-refractivity contribution in [2.24, 2.45) is 0 Å². The van der Waals surface area contributed by atoms with Crippen LogP contribution in [0.2, 0.25) is 0 Å². The molecule has 0 fully saturated rings. The first-order valence-electron chi connectivity index (χ1n) is 5.52. The molecular weight excluding hydrogens is 202 g/mol. The summed E-state index contributed by atoms with van der Waals surface area (Å²) in [6.45, 7) is 6.80. The molecular formula is C12H17N3O. The van der Waals surface area contributed by atoms with Gasteiger partial charge in [0.25, 0.3) is 0 Å². The molecule has 1 heterocycles. The Hall–Kier alpha value is -1.71. The van der Waals surface area contributed by atoms with Crippen LogP contribution in [-0.2, 0) is 0 Å². The molecule has 16 heavy (non-hydrogen) atoms. The number of nitrogens with two attached hydrogens (primary N) is 1. The van der Waals surface area contributed by atoms with Crippen molar-refractivity contribution in [1.82, 2.24) is 9.55 Å². The maximum absolute atomic E-state index is 5.86. The zero-order valence-electron chi connectivity index (χ0n) is 9.90.